The first kappa shape index (κ1) is 15.8. The van der Waals surface area contributed by atoms with Crippen molar-refractivity contribution in [2.24, 2.45) is 5.92 Å². The van der Waals surface area contributed by atoms with Crippen molar-refractivity contribution < 1.29 is 4.74 Å². The second kappa shape index (κ2) is 7.99. The maximum atomic E-state index is 6.25. The summed E-state index contributed by atoms with van der Waals surface area (Å²) in [6.45, 7) is 7.12. The summed E-state index contributed by atoms with van der Waals surface area (Å²) in [4.78, 5) is 2.33. The fraction of sp³-hybridized carbons (Fsp3) is 0.625. The van der Waals surface area contributed by atoms with Crippen molar-refractivity contribution in [2.45, 2.75) is 19.4 Å². The first-order valence-electron chi connectivity index (χ1n) is 7.41. The molecule has 2 atom stereocenters. The molecule has 0 aliphatic carbocycles. The van der Waals surface area contributed by atoms with Crippen LogP contribution in [-0.4, -0.2) is 44.8 Å². The molecule has 4 heteroatoms. The van der Waals surface area contributed by atoms with Gasteiger partial charge in [-0.2, -0.15) is 0 Å². The van der Waals surface area contributed by atoms with E-state index in [1.807, 2.05) is 18.2 Å². The zero-order valence-corrected chi connectivity index (χ0v) is 13.2. The Morgan fingerprint density at radius 3 is 2.95 bits per heavy atom. The molecule has 112 valence electrons. The molecule has 1 fully saturated rings. The number of halogens is 1. The number of benzene rings is 1. The van der Waals surface area contributed by atoms with Gasteiger partial charge in [-0.25, -0.2) is 0 Å². The zero-order chi connectivity index (χ0) is 14.4. The summed E-state index contributed by atoms with van der Waals surface area (Å²) in [5, 5.41) is 4.37. The third-order valence-electron chi connectivity index (χ3n) is 4.11. The topological polar surface area (TPSA) is 24.5 Å². The molecule has 1 aromatic carbocycles. The number of ether oxygens (including phenoxy) is 1. The minimum atomic E-state index is 0.334. The minimum absolute atomic E-state index is 0.334. The minimum Gasteiger partial charge on any atom is -0.381 e. The van der Waals surface area contributed by atoms with Gasteiger partial charge >= 0.3 is 0 Å². The molecule has 20 heavy (non-hydrogen) atoms. The van der Waals surface area contributed by atoms with Gasteiger partial charge in [-0.05, 0) is 37.9 Å². The van der Waals surface area contributed by atoms with Crippen LogP contribution in [0.5, 0.6) is 0 Å². The lowest BCUT2D eigenvalue weighted by molar-refractivity contribution is 0.184. The molecule has 1 aliphatic rings. The van der Waals surface area contributed by atoms with E-state index in [0.29, 0.717) is 12.0 Å². The van der Waals surface area contributed by atoms with Crippen LogP contribution in [0.1, 0.15) is 24.9 Å². The maximum Gasteiger partial charge on any atom is 0.0507 e. The van der Waals surface area contributed by atoms with E-state index in [1.165, 1.54) is 12.0 Å². The van der Waals surface area contributed by atoms with Gasteiger partial charge in [0.25, 0.3) is 0 Å². The van der Waals surface area contributed by atoms with Gasteiger partial charge in [-0.3, -0.25) is 4.90 Å². The Kier molecular flexibility index (Phi) is 6.30. The molecule has 1 saturated heterocycles. The van der Waals surface area contributed by atoms with Crippen LogP contribution in [0, 0.1) is 5.92 Å². The Morgan fingerprint density at radius 2 is 2.25 bits per heavy atom. The Morgan fingerprint density at radius 1 is 1.45 bits per heavy atom. The predicted molar refractivity (Wildman–Crippen MR) is 84.3 cm³/mol. The molecule has 0 radical (unpaired) electrons. The SMILES string of the molecule is CC(c1ccccc1Cl)N(C)CCNCC1CCOC1. The lowest BCUT2D eigenvalue weighted by Gasteiger charge is -2.26. The molecule has 3 nitrogen and oxygen atoms in total. The summed E-state index contributed by atoms with van der Waals surface area (Å²) in [6.07, 6.45) is 1.19. The van der Waals surface area contributed by atoms with Crippen LogP contribution in [0.2, 0.25) is 5.02 Å². The monoisotopic (exact) mass is 296 g/mol. The first-order chi connectivity index (χ1) is 9.68. The fourth-order valence-electron chi connectivity index (χ4n) is 2.55. The lowest BCUT2D eigenvalue weighted by atomic mass is 10.1. The summed E-state index contributed by atoms with van der Waals surface area (Å²) < 4.78 is 5.38. The molecule has 0 aromatic heterocycles. The molecule has 0 saturated carbocycles. The Balaban J connectivity index is 1.71. The zero-order valence-electron chi connectivity index (χ0n) is 12.4. The predicted octanol–water partition coefficient (Wildman–Crippen LogP) is 2.96. The standard InChI is InChI=1S/C16H25ClN2O/c1-13(15-5-3-4-6-16(15)17)19(2)9-8-18-11-14-7-10-20-12-14/h3-6,13-14,18H,7-12H2,1-2H3. The third-order valence-corrected chi connectivity index (χ3v) is 4.46. The molecule has 2 unspecified atom stereocenters. The molecule has 0 spiro atoms. The highest BCUT2D eigenvalue weighted by molar-refractivity contribution is 6.31. The van der Waals surface area contributed by atoms with Crippen molar-refractivity contribution in [1.82, 2.24) is 10.2 Å². The van der Waals surface area contributed by atoms with Gasteiger partial charge in [0, 0.05) is 37.3 Å². The first-order valence-corrected chi connectivity index (χ1v) is 7.79. The number of nitrogens with one attached hydrogen (secondary N) is 1. The van der Waals surface area contributed by atoms with Crippen molar-refractivity contribution in [1.29, 1.82) is 0 Å². The molecule has 1 aliphatic heterocycles. The van der Waals surface area contributed by atoms with Crippen molar-refractivity contribution in [3.05, 3.63) is 34.9 Å². The van der Waals surface area contributed by atoms with Gasteiger partial charge in [0.15, 0.2) is 0 Å². The fourth-order valence-corrected chi connectivity index (χ4v) is 2.84. The second-order valence-corrected chi connectivity index (χ2v) is 6.02. The molecular formula is C16H25ClN2O. The highest BCUT2D eigenvalue weighted by atomic mass is 35.5. The van der Waals surface area contributed by atoms with E-state index in [-0.39, 0.29) is 0 Å². The average molecular weight is 297 g/mol. The Hall–Kier alpha value is -0.610. The summed E-state index contributed by atoms with van der Waals surface area (Å²) in [5.41, 5.74) is 1.20. The smallest absolute Gasteiger partial charge is 0.0507 e. The van der Waals surface area contributed by atoms with Gasteiger partial charge < -0.3 is 10.1 Å². The van der Waals surface area contributed by atoms with Crippen molar-refractivity contribution >= 4 is 11.6 Å². The largest absolute Gasteiger partial charge is 0.381 e. The molecule has 0 amide bonds. The molecule has 1 aromatic rings. The second-order valence-electron chi connectivity index (χ2n) is 5.61. The molecule has 1 N–H and O–H groups in total. The van der Waals surface area contributed by atoms with Crippen LogP contribution >= 0.6 is 11.6 Å². The van der Waals surface area contributed by atoms with Gasteiger partial charge in [-0.15, -0.1) is 0 Å². The van der Waals surface area contributed by atoms with E-state index >= 15 is 0 Å². The van der Waals surface area contributed by atoms with Crippen LogP contribution in [-0.2, 0) is 4.74 Å². The van der Waals surface area contributed by atoms with Crippen molar-refractivity contribution in [2.75, 3.05) is 39.9 Å². The molecule has 2 rings (SSSR count). The summed E-state index contributed by atoms with van der Waals surface area (Å²) in [6, 6.07) is 8.42. The van der Waals surface area contributed by atoms with E-state index in [2.05, 4.69) is 30.3 Å². The van der Waals surface area contributed by atoms with Crippen molar-refractivity contribution in [3.63, 3.8) is 0 Å². The molecule has 1 heterocycles. The molecule has 0 bridgehead atoms. The van der Waals surface area contributed by atoms with Crippen LogP contribution in [0.25, 0.3) is 0 Å². The highest BCUT2D eigenvalue weighted by Gasteiger charge is 2.16. The quantitative estimate of drug-likeness (QED) is 0.783. The summed E-state index contributed by atoms with van der Waals surface area (Å²) in [5.74, 6) is 0.696. The van der Waals surface area contributed by atoms with Gasteiger partial charge in [-0.1, -0.05) is 29.8 Å². The number of nitrogens with zero attached hydrogens (tertiary/aromatic N) is 1. The highest BCUT2D eigenvalue weighted by Crippen LogP contribution is 2.25. The summed E-state index contributed by atoms with van der Waals surface area (Å²) >= 11 is 6.25. The lowest BCUT2D eigenvalue weighted by Crippen LogP contribution is -2.33. The van der Waals surface area contributed by atoms with Crippen LogP contribution < -0.4 is 5.32 Å². The van der Waals surface area contributed by atoms with Crippen molar-refractivity contribution in [3.8, 4) is 0 Å². The van der Waals surface area contributed by atoms with Gasteiger partial charge in [0.1, 0.15) is 0 Å². The van der Waals surface area contributed by atoms with Crippen LogP contribution in [0.3, 0.4) is 0 Å². The van der Waals surface area contributed by atoms with E-state index in [1.54, 1.807) is 0 Å². The van der Waals surface area contributed by atoms with E-state index in [4.69, 9.17) is 16.3 Å². The maximum absolute atomic E-state index is 6.25. The number of likely N-dealkylation sites (N-methyl/N-ethyl adjacent to an activating group) is 1. The van der Waals surface area contributed by atoms with Crippen LogP contribution in [0.4, 0.5) is 0 Å². The normalized spacial score (nSPS) is 20.5. The number of rotatable bonds is 7. The third kappa shape index (κ3) is 4.45. The van der Waals surface area contributed by atoms with E-state index in [9.17, 15) is 0 Å². The van der Waals surface area contributed by atoms with Crippen LogP contribution in [0.15, 0.2) is 24.3 Å². The number of hydrogen-bond donors (Lipinski definition) is 1. The van der Waals surface area contributed by atoms with E-state index < -0.39 is 0 Å². The van der Waals surface area contributed by atoms with Gasteiger partial charge in [0.05, 0.1) is 6.61 Å². The Labute approximate surface area is 127 Å². The summed E-state index contributed by atoms with van der Waals surface area (Å²) in [7, 11) is 2.15. The molecular weight excluding hydrogens is 272 g/mol. The average Bonchev–Trinajstić information content (AvgIpc) is 2.96. The Bertz CT molecular complexity index is 407. The number of hydrogen-bond acceptors (Lipinski definition) is 3. The van der Waals surface area contributed by atoms with Gasteiger partial charge in [0.2, 0.25) is 0 Å². The van der Waals surface area contributed by atoms with E-state index in [0.717, 1.165) is 37.9 Å².